The molecule has 66 valence electrons. The number of rotatable bonds is 3. The summed E-state index contributed by atoms with van der Waals surface area (Å²) in [7, 11) is 0. The molecule has 1 atom stereocenters. The lowest BCUT2D eigenvalue weighted by Crippen LogP contribution is -2.38. The summed E-state index contributed by atoms with van der Waals surface area (Å²) in [6.07, 6.45) is 1.98. The molecular formula is C9H14N2O. The molecule has 0 heterocycles. The van der Waals surface area contributed by atoms with E-state index in [4.69, 9.17) is 5.26 Å². The van der Waals surface area contributed by atoms with Crippen LogP contribution in [0.2, 0.25) is 0 Å². The summed E-state index contributed by atoms with van der Waals surface area (Å²) in [5.74, 6) is 0.438. The highest BCUT2D eigenvalue weighted by Gasteiger charge is 2.31. The minimum atomic E-state index is -0.321. The van der Waals surface area contributed by atoms with Crippen molar-refractivity contribution in [3.8, 4) is 6.07 Å². The van der Waals surface area contributed by atoms with Crippen LogP contribution in [-0.4, -0.2) is 11.9 Å². The molecule has 1 saturated carbocycles. The second kappa shape index (κ2) is 3.57. The lowest BCUT2D eigenvalue weighted by atomic mass is 10.1. The van der Waals surface area contributed by atoms with Gasteiger partial charge in [-0.05, 0) is 18.8 Å². The highest BCUT2D eigenvalue weighted by molar-refractivity contribution is 5.81. The van der Waals surface area contributed by atoms with Crippen LogP contribution in [0.25, 0.3) is 0 Å². The van der Waals surface area contributed by atoms with Crippen molar-refractivity contribution in [2.24, 2.45) is 11.8 Å². The minimum Gasteiger partial charge on any atom is -0.340 e. The van der Waals surface area contributed by atoms with Crippen LogP contribution in [0.1, 0.15) is 26.7 Å². The first-order chi connectivity index (χ1) is 5.65. The van der Waals surface area contributed by atoms with E-state index in [9.17, 15) is 4.79 Å². The number of hydrogen-bond acceptors (Lipinski definition) is 2. The van der Waals surface area contributed by atoms with Gasteiger partial charge in [-0.25, -0.2) is 0 Å². The van der Waals surface area contributed by atoms with Gasteiger partial charge in [0.25, 0.3) is 0 Å². The van der Waals surface area contributed by atoms with Gasteiger partial charge in [-0.15, -0.1) is 0 Å². The van der Waals surface area contributed by atoms with Gasteiger partial charge in [-0.1, -0.05) is 13.8 Å². The smallest absolute Gasteiger partial charge is 0.224 e. The average Bonchev–Trinajstić information content (AvgIpc) is 2.80. The molecule has 1 amide bonds. The Labute approximate surface area is 72.8 Å². The Morgan fingerprint density at radius 3 is 2.50 bits per heavy atom. The van der Waals surface area contributed by atoms with Crippen LogP contribution in [0, 0.1) is 23.2 Å². The molecule has 3 nitrogen and oxygen atoms in total. The van der Waals surface area contributed by atoms with E-state index in [1.807, 2.05) is 13.8 Å². The lowest BCUT2D eigenvalue weighted by Gasteiger charge is -2.14. The van der Waals surface area contributed by atoms with Gasteiger partial charge in [0.2, 0.25) is 5.91 Å². The van der Waals surface area contributed by atoms with Crippen LogP contribution in [0.4, 0.5) is 0 Å². The number of amides is 1. The van der Waals surface area contributed by atoms with Gasteiger partial charge in [-0.2, -0.15) is 5.26 Å². The third-order valence-electron chi connectivity index (χ3n) is 2.05. The molecule has 12 heavy (non-hydrogen) atoms. The van der Waals surface area contributed by atoms with Gasteiger partial charge in [0.1, 0.15) is 6.04 Å². The molecule has 0 aromatic rings. The fourth-order valence-corrected chi connectivity index (χ4v) is 0.965. The number of hydrogen-bond donors (Lipinski definition) is 1. The van der Waals surface area contributed by atoms with Gasteiger partial charge in [0, 0.05) is 5.92 Å². The molecule has 0 unspecified atom stereocenters. The number of carbonyl (C=O) groups excluding carboxylic acids is 1. The van der Waals surface area contributed by atoms with Crippen molar-refractivity contribution in [1.29, 1.82) is 5.26 Å². The van der Waals surface area contributed by atoms with Gasteiger partial charge < -0.3 is 5.32 Å². The number of carbonyl (C=O) groups is 1. The summed E-state index contributed by atoms with van der Waals surface area (Å²) in [4.78, 5) is 11.2. The van der Waals surface area contributed by atoms with E-state index in [2.05, 4.69) is 11.4 Å². The largest absolute Gasteiger partial charge is 0.340 e. The quantitative estimate of drug-likeness (QED) is 0.681. The highest BCUT2D eigenvalue weighted by Crippen LogP contribution is 2.29. The predicted molar refractivity (Wildman–Crippen MR) is 45.1 cm³/mol. The maximum atomic E-state index is 11.2. The van der Waals surface area contributed by atoms with E-state index in [0.29, 0.717) is 0 Å². The molecule has 0 aromatic carbocycles. The fraction of sp³-hybridized carbons (Fsp3) is 0.778. The van der Waals surface area contributed by atoms with Crippen LogP contribution < -0.4 is 5.32 Å². The van der Waals surface area contributed by atoms with Crippen molar-refractivity contribution in [3.63, 3.8) is 0 Å². The molecule has 0 radical (unpaired) electrons. The van der Waals surface area contributed by atoms with Crippen molar-refractivity contribution in [2.45, 2.75) is 32.7 Å². The number of nitriles is 1. The minimum absolute atomic E-state index is 0.0512. The normalized spacial score (nSPS) is 18.5. The first-order valence-electron chi connectivity index (χ1n) is 4.35. The zero-order chi connectivity index (χ0) is 9.14. The van der Waals surface area contributed by atoms with Crippen molar-refractivity contribution in [2.75, 3.05) is 0 Å². The van der Waals surface area contributed by atoms with E-state index < -0.39 is 0 Å². The molecular weight excluding hydrogens is 152 g/mol. The third kappa shape index (κ3) is 2.23. The number of nitrogens with zero attached hydrogens (tertiary/aromatic N) is 1. The summed E-state index contributed by atoms with van der Waals surface area (Å²) in [5, 5.41) is 11.4. The first-order valence-corrected chi connectivity index (χ1v) is 4.35. The summed E-state index contributed by atoms with van der Waals surface area (Å²) in [6.45, 7) is 3.86. The van der Waals surface area contributed by atoms with Gasteiger partial charge >= 0.3 is 0 Å². The Kier molecular flexibility index (Phi) is 2.69. The molecule has 1 aliphatic rings. The Bertz CT molecular complexity index is 213. The van der Waals surface area contributed by atoms with E-state index in [0.717, 1.165) is 12.8 Å². The molecule has 1 aliphatic carbocycles. The first kappa shape index (κ1) is 9.05. The van der Waals surface area contributed by atoms with E-state index in [-0.39, 0.29) is 23.8 Å². The van der Waals surface area contributed by atoms with Gasteiger partial charge in [-0.3, -0.25) is 4.79 Å². The zero-order valence-corrected chi connectivity index (χ0v) is 7.50. The topological polar surface area (TPSA) is 52.9 Å². The molecule has 0 aliphatic heterocycles. The standard InChI is InChI=1S/C9H14N2O/c1-6(2)8(5-10)11-9(12)7-3-4-7/h6-8H,3-4H2,1-2H3,(H,11,12)/t8-/m0/s1. The fourth-order valence-electron chi connectivity index (χ4n) is 0.965. The number of nitrogens with one attached hydrogen (secondary N) is 1. The van der Waals surface area contributed by atoms with Crippen molar-refractivity contribution >= 4 is 5.91 Å². The highest BCUT2D eigenvalue weighted by atomic mass is 16.2. The molecule has 0 bridgehead atoms. The van der Waals surface area contributed by atoms with Crippen molar-refractivity contribution < 1.29 is 4.79 Å². The Morgan fingerprint density at radius 2 is 2.17 bits per heavy atom. The van der Waals surface area contributed by atoms with Gasteiger partial charge in [0.05, 0.1) is 6.07 Å². The lowest BCUT2D eigenvalue weighted by molar-refractivity contribution is -0.122. The molecule has 0 saturated heterocycles. The van der Waals surface area contributed by atoms with E-state index in [1.165, 1.54) is 0 Å². The van der Waals surface area contributed by atoms with Crippen molar-refractivity contribution in [1.82, 2.24) is 5.32 Å². The Hall–Kier alpha value is -1.04. The molecule has 0 spiro atoms. The van der Waals surface area contributed by atoms with E-state index >= 15 is 0 Å². The molecule has 1 fully saturated rings. The molecule has 1 rings (SSSR count). The monoisotopic (exact) mass is 166 g/mol. The Morgan fingerprint density at radius 1 is 1.58 bits per heavy atom. The van der Waals surface area contributed by atoms with Gasteiger partial charge in [0.15, 0.2) is 0 Å². The predicted octanol–water partition coefficient (Wildman–Crippen LogP) is 1.06. The van der Waals surface area contributed by atoms with Crippen molar-refractivity contribution in [3.05, 3.63) is 0 Å². The zero-order valence-electron chi connectivity index (χ0n) is 7.50. The SMILES string of the molecule is CC(C)[C@H](C#N)NC(=O)C1CC1. The summed E-state index contributed by atoms with van der Waals surface area (Å²) < 4.78 is 0. The Balaban J connectivity index is 2.37. The maximum absolute atomic E-state index is 11.2. The second-order valence-corrected chi connectivity index (χ2v) is 3.63. The maximum Gasteiger partial charge on any atom is 0.224 e. The second-order valence-electron chi connectivity index (χ2n) is 3.63. The van der Waals surface area contributed by atoms with E-state index in [1.54, 1.807) is 0 Å². The van der Waals surface area contributed by atoms with Crippen LogP contribution in [-0.2, 0) is 4.79 Å². The molecule has 0 aromatic heterocycles. The molecule has 1 N–H and O–H groups in total. The van der Waals surface area contributed by atoms with Crippen LogP contribution >= 0.6 is 0 Å². The van der Waals surface area contributed by atoms with Crippen LogP contribution in [0.3, 0.4) is 0 Å². The van der Waals surface area contributed by atoms with Crippen LogP contribution in [0.15, 0.2) is 0 Å². The third-order valence-corrected chi connectivity index (χ3v) is 2.05. The average molecular weight is 166 g/mol. The summed E-state index contributed by atoms with van der Waals surface area (Å²) >= 11 is 0. The summed E-state index contributed by atoms with van der Waals surface area (Å²) in [5.41, 5.74) is 0. The van der Waals surface area contributed by atoms with Crippen LogP contribution in [0.5, 0.6) is 0 Å². The summed E-state index contributed by atoms with van der Waals surface area (Å²) in [6, 6.07) is 1.76. The molecule has 3 heteroatoms.